The monoisotopic (exact) mass is 359 g/mol. The van der Waals surface area contributed by atoms with E-state index in [2.05, 4.69) is 37.8 Å². The van der Waals surface area contributed by atoms with Crippen molar-refractivity contribution in [2.45, 2.75) is 12.1 Å². The molecule has 17 heavy (non-hydrogen) atoms. The van der Waals surface area contributed by atoms with Gasteiger partial charge in [-0.1, -0.05) is 23.9 Å². The third kappa shape index (κ3) is 3.53. The number of H-pyrrole nitrogens is 1. The Morgan fingerprint density at radius 2 is 2.12 bits per heavy atom. The van der Waals surface area contributed by atoms with E-state index in [4.69, 9.17) is 0 Å². The zero-order valence-corrected chi connectivity index (χ0v) is 12.1. The highest BCUT2D eigenvalue weighted by atomic mass is 127. The van der Waals surface area contributed by atoms with Crippen molar-refractivity contribution < 1.29 is 4.79 Å². The lowest BCUT2D eigenvalue weighted by Crippen LogP contribution is -2.02. The number of nitrogens with zero attached hydrogens (tertiary/aromatic N) is 2. The number of thioether (sulfide) groups is 1. The molecule has 6 heteroatoms. The average Bonchev–Trinajstić information content (AvgIpc) is 2.73. The van der Waals surface area contributed by atoms with Crippen LogP contribution in [0.15, 0.2) is 29.4 Å². The Labute approximate surface area is 117 Å². The average molecular weight is 359 g/mol. The number of aromatic amines is 1. The molecule has 1 aromatic carbocycles. The zero-order valence-electron chi connectivity index (χ0n) is 9.11. The predicted octanol–water partition coefficient (Wildman–Crippen LogP) is 2.69. The summed E-state index contributed by atoms with van der Waals surface area (Å²) in [5, 5.41) is 7.33. The third-order valence-corrected chi connectivity index (χ3v) is 3.64. The van der Waals surface area contributed by atoms with Gasteiger partial charge in [-0.2, -0.15) is 0 Å². The quantitative estimate of drug-likeness (QED) is 0.518. The molecule has 4 nitrogen and oxygen atoms in total. The first-order valence-corrected chi connectivity index (χ1v) is 7.02. The number of benzene rings is 1. The van der Waals surface area contributed by atoms with Crippen LogP contribution in [0.5, 0.6) is 0 Å². The SMILES string of the molecule is Cc1nc(SCC(=O)c2ccc(I)cc2)n[nH]1. The molecule has 0 unspecified atom stereocenters. The van der Waals surface area contributed by atoms with E-state index in [9.17, 15) is 4.79 Å². The van der Waals surface area contributed by atoms with Crippen molar-refractivity contribution in [3.63, 3.8) is 0 Å². The van der Waals surface area contributed by atoms with Gasteiger partial charge in [-0.15, -0.1) is 5.10 Å². The molecule has 2 rings (SSSR count). The molecule has 0 fully saturated rings. The lowest BCUT2D eigenvalue weighted by Gasteiger charge is -1.99. The molecule has 1 heterocycles. The molecule has 0 amide bonds. The molecule has 88 valence electrons. The molecular formula is C11H10IN3OS. The van der Waals surface area contributed by atoms with E-state index >= 15 is 0 Å². The molecule has 0 aliphatic heterocycles. The number of Topliss-reactive ketones (excluding diaryl/α,β-unsaturated/α-hetero) is 1. The third-order valence-electron chi connectivity index (χ3n) is 2.08. The van der Waals surface area contributed by atoms with Crippen LogP contribution in [0.25, 0.3) is 0 Å². The molecule has 0 atom stereocenters. The first kappa shape index (κ1) is 12.6. The fraction of sp³-hybridized carbons (Fsp3) is 0.182. The van der Waals surface area contributed by atoms with Crippen molar-refractivity contribution in [1.29, 1.82) is 0 Å². The van der Waals surface area contributed by atoms with Crippen molar-refractivity contribution in [2.24, 2.45) is 0 Å². The standard InChI is InChI=1S/C11H10IN3OS/c1-7-13-11(15-14-7)17-6-10(16)8-2-4-9(12)5-3-8/h2-5H,6H2,1H3,(H,13,14,15). The van der Waals surface area contributed by atoms with E-state index in [0.29, 0.717) is 10.9 Å². The summed E-state index contributed by atoms with van der Waals surface area (Å²) in [7, 11) is 0. The maximum absolute atomic E-state index is 11.8. The Bertz CT molecular complexity index is 524. The lowest BCUT2D eigenvalue weighted by atomic mass is 10.2. The van der Waals surface area contributed by atoms with E-state index < -0.39 is 0 Å². The van der Waals surface area contributed by atoms with Gasteiger partial charge in [0.05, 0.1) is 5.75 Å². The topological polar surface area (TPSA) is 58.6 Å². The minimum Gasteiger partial charge on any atom is -0.293 e. The van der Waals surface area contributed by atoms with Gasteiger partial charge in [-0.05, 0) is 41.6 Å². The number of halogens is 1. The largest absolute Gasteiger partial charge is 0.293 e. The second-order valence-corrected chi connectivity index (χ2v) is 5.61. The number of ketones is 1. The van der Waals surface area contributed by atoms with Crippen LogP contribution < -0.4 is 0 Å². The molecule has 1 aromatic heterocycles. The summed E-state index contributed by atoms with van der Waals surface area (Å²) in [5.41, 5.74) is 0.727. The van der Waals surface area contributed by atoms with Crippen LogP contribution in [0, 0.1) is 10.5 Å². The molecule has 0 aliphatic carbocycles. The first-order chi connectivity index (χ1) is 8.15. The van der Waals surface area contributed by atoms with Gasteiger partial charge in [0.15, 0.2) is 5.78 Å². The van der Waals surface area contributed by atoms with Crippen molar-refractivity contribution in [1.82, 2.24) is 15.2 Å². The summed E-state index contributed by atoms with van der Waals surface area (Å²) < 4.78 is 1.12. The maximum atomic E-state index is 11.8. The molecule has 0 spiro atoms. The van der Waals surface area contributed by atoms with Gasteiger partial charge in [0.2, 0.25) is 5.16 Å². The van der Waals surface area contributed by atoms with Crippen LogP contribution in [0.4, 0.5) is 0 Å². The maximum Gasteiger partial charge on any atom is 0.208 e. The number of carbonyl (C=O) groups is 1. The summed E-state index contributed by atoms with van der Waals surface area (Å²) in [6.45, 7) is 1.83. The number of aryl methyl sites for hydroxylation is 1. The number of hydrogen-bond acceptors (Lipinski definition) is 4. The van der Waals surface area contributed by atoms with Crippen molar-refractivity contribution in [2.75, 3.05) is 5.75 Å². The molecule has 1 N–H and O–H groups in total. The highest BCUT2D eigenvalue weighted by molar-refractivity contribution is 14.1. The van der Waals surface area contributed by atoms with Gasteiger partial charge < -0.3 is 0 Å². The van der Waals surface area contributed by atoms with Crippen LogP contribution >= 0.6 is 34.4 Å². The lowest BCUT2D eigenvalue weighted by molar-refractivity contribution is 0.102. The zero-order chi connectivity index (χ0) is 12.3. The van der Waals surface area contributed by atoms with Gasteiger partial charge in [-0.25, -0.2) is 4.98 Å². The normalized spacial score (nSPS) is 10.5. The molecule has 0 saturated carbocycles. The van der Waals surface area contributed by atoms with Crippen molar-refractivity contribution in [3.8, 4) is 0 Å². The van der Waals surface area contributed by atoms with E-state index in [0.717, 1.165) is 15.0 Å². The Morgan fingerprint density at radius 1 is 1.41 bits per heavy atom. The van der Waals surface area contributed by atoms with E-state index in [1.165, 1.54) is 11.8 Å². The smallest absolute Gasteiger partial charge is 0.208 e. The number of nitrogens with one attached hydrogen (secondary N) is 1. The number of carbonyl (C=O) groups excluding carboxylic acids is 1. The summed E-state index contributed by atoms with van der Waals surface area (Å²) in [6.07, 6.45) is 0. The Kier molecular flexibility index (Phi) is 4.16. The number of hydrogen-bond donors (Lipinski definition) is 1. The fourth-order valence-corrected chi connectivity index (χ4v) is 2.33. The van der Waals surface area contributed by atoms with Crippen LogP contribution in [0.1, 0.15) is 16.2 Å². The molecule has 0 aliphatic rings. The highest BCUT2D eigenvalue weighted by Crippen LogP contribution is 2.15. The van der Waals surface area contributed by atoms with Crippen LogP contribution in [0.2, 0.25) is 0 Å². The Balaban J connectivity index is 1.95. The van der Waals surface area contributed by atoms with Crippen molar-refractivity contribution >= 4 is 40.1 Å². The van der Waals surface area contributed by atoms with Crippen molar-refractivity contribution in [3.05, 3.63) is 39.2 Å². The molecule has 0 bridgehead atoms. The molecule has 2 aromatic rings. The van der Waals surface area contributed by atoms with E-state index in [-0.39, 0.29) is 5.78 Å². The summed E-state index contributed by atoms with van der Waals surface area (Å²) in [6, 6.07) is 7.53. The van der Waals surface area contributed by atoms with Crippen LogP contribution in [-0.4, -0.2) is 26.7 Å². The van der Waals surface area contributed by atoms with E-state index in [1.807, 2.05) is 31.2 Å². The molecule has 0 saturated heterocycles. The van der Waals surface area contributed by atoms with Crippen LogP contribution in [-0.2, 0) is 0 Å². The number of rotatable bonds is 4. The van der Waals surface area contributed by atoms with E-state index in [1.54, 1.807) is 0 Å². The Hall–Kier alpha value is -0.890. The summed E-state index contributed by atoms with van der Waals surface area (Å²) in [4.78, 5) is 16.0. The predicted molar refractivity (Wildman–Crippen MR) is 75.3 cm³/mol. The number of aromatic nitrogens is 3. The second kappa shape index (κ2) is 5.63. The summed E-state index contributed by atoms with van der Waals surface area (Å²) in [5.74, 6) is 1.21. The minimum absolute atomic E-state index is 0.0915. The summed E-state index contributed by atoms with van der Waals surface area (Å²) >= 11 is 3.56. The minimum atomic E-state index is 0.0915. The highest BCUT2D eigenvalue weighted by Gasteiger charge is 2.08. The van der Waals surface area contributed by atoms with Gasteiger partial charge in [0.1, 0.15) is 5.82 Å². The Morgan fingerprint density at radius 3 is 2.71 bits per heavy atom. The van der Waals surface area contributed by atoms with Crippen LogP contribution in [0.3, 0.4) is 0 Å². The first-order valence-electron chi connectivity index (χ1n) is 4.96. The van der Waals surface area contributed by atoms with Gasteiger partial charge >= 0.3 is 0 Å². The van der Waals surface area contributed by atoms with Gasteiger partial charge in [0, 0.05) is 9.13 Å². The molecular weight excluding hydrogens is 349 g/mol. The van der Waals surface area contributed by atoms with Gasteiger partial charge in [-0.3, -0.25) is 9.89 Å². The second-order valence-electron chi connectivity index (χ2n) is 3.42. The van der Waals surface area contributed by atoms with Gasteiger partial charge in [0.25, 0.3) is 0 Å². The fourth-order valence-electron chi connectivity index (χ4n) is 1.24. The molecule has 0 radical (unpaired) electrons.